The van der Waals surface area contributed by atoms with Crippen LogP contribution in [0.2, 0.25) is 0 Å². The van der Waals surface area contributed by atoms with Crippen molar-refractivity contribution in [2.24, 2.45) is 0 Å². The highest BCUT2D eigenvalue weighted by Gasteiger charge is 2.18. The summed E-state index contributed by atoms with van der Waals surface area (Å²) < 4.78 is 5.45. The second-order valence-electron chi connectivity index (χ2n) is 16.8. The van der Waals surface area contributed by atoms with Gasteiger partial charge in [-0.05, 0) is 64.2 Å². The molecule has 0 radical (unpaired) electrons. The minimum Gasteiger partial charge on any atom is -0.466 e. The number of nitrogens with one attached hydrogen (secondary N) is 1. The zero-order valence-electron chi connectivity index (χ0n) is 37.8. The molecule has 0 fully saturated rings. The van der Waals surface area contributed by atoms with Gasteiger partial charge in [-0.1, -0.05) is 211 Å². The van der Waals surface area contributed by atoms with Crippen LogP contribution in [0.4, 0.5) is 0 Å². The lowest BCUT2D eigenvalue weighted by atomic mass is 10.0. The molecule has 6 heteroatoms. The van der Waals surface area contributed by atoms with E-state index in [0.717, 1.165) is 64.2 Å². The second kappa shape index (κ2) is 46.8. The van der Waals surface area contributed by atoms with Crippen molar-refractivity contribution in [3.8, 4) is 0 Å². The van der Waals surface area contributed by atoms with Gasteiger partial charge in [0.15, 0.2) is 0 Å². The third-order valence-corrected chi connectivity index (χ3v) is 11.2. The van der Waals surface area contributed by atoms with Crippen LogP contribution in [0.5, 0.6) is 0 Å². The zero-order valence-corrected chi connectivity index (χ0v) is 37.8. The first-order valence-electron chi connectivity index (χ1n) is 24.8. The summed E-state index contributed by atoms with van der Waals surface area (Å²) in [6, 6.07) is -0.637. The van der Waals surface area contributed by atoms with Gasteiger partial charge >= 0.3 is 5.97 Å². The van der Waals surface area contributed by atoms with E-state index < -0.39 is 12.1 Å². The van der Waals surface area contributed by atoms with Crippen LogP contribution in [-0.4, -0.2) is 47.4 Å². The molecule has 57 heavy (non-hydrogen) atoms. The number of rotatable bonds is 45. The summed E-state index contributed by atoms with van der Waals surface area (Å²) in [5.74, 6) is -0.105. The predicted octanol–water partition coefficient (Wildman–Crippen LogP) is 14.5. The first kappa shape index (κ1) is 55.1. The van der Waals surface area contributed by atoms with Crippen LogP contribution < -0.4 is 5.32 Å². The quantitative estimate of drug-likeness (QED) is 0.0324. The number of hydrogen-bond acceptors (Lipinski definition) is 5. The number of esters is 1. The molecule has 0 rings (SSSR count). The summed E-state index contributed by atoms with van der Waals surface area (Å²) in [6.45, 7) is 4.83. The standard InChI is InChI=1S/C51H95NO5/c1-3-5-7-9-11-13-15-16-17-18-21-25-29-33-37-41-45-51(56)57-46-42-38-34-30-26-22-19-20-24-28-32-36-40-44-50(55)52-48(47-53)49(54)43-39-35-31-27-23-14-12-10-8-6-4-2/h13,15,17-18,39,43,48-49,53-54H,3-12,14,16,19-38,40-42,44-47H2,1-2H3,(H,52,55)/b15-13-,18-17-,43-39+. The minimum atomic E-state index is -0.852. The van der Waals surface area contributed by atoms with E-state index in [-0.39, 0.29) is 18.5 Å². The molecular weight excluding hydrogens is 707 g/mol. The van der Waals surface area contributed by atoms with Crippen LogP contribution in [-0.2, 0) is 14.3 Å². The molecule has 2 unspecified atom stereocenters. The molecule has 0 bridgehead atoms. The molecule has 0 heterocycles. The van der Waals surface area contributed by atoms with Gasteiger partial charge in [0.2, 0.25) is 5.91 Å². The number of unbranched alkanes of at least 4 members (excludes halogenated alkanes) is 30. The maximum atomic E-state index is 12.4. The number of carbonyl (C=O) groups excluding carboxylic acids is 2. The Kier molecular flexibility index (Phi) is 45.2. The van der Waals surface area contributed by atoms with Crippen molar-refractivity contribution in [2.75, 3.05) is 13.2 Å². The number of aliphatic hydroxyl groups is 2. The van der Waals surface area contributed by atoms with E-state index in [1.54, 1.807) is 6.08 Å². The summed E-state index contributed by atoms with van der Waals surface area (Å²) in [6.07, 6.45) is 55.6. The fraction of sp³-hybridized carbons (Fsp3) is 0.843. The maximum absolute atomic E-state index is 12.4. The second-order valence-corrected chi connectivity index (χ2v) is 16.8. The molecule has 0 aromatic carbocycles. The van der Waals surface area contributed by atoms with Crippen molar-refractivity contribution in [1.29, 1.82) is 0 Å². The third kappa shape index (κ3) is 43.5. The molecule has 0 spiro atoms. The Hall–Kier alpha value is -1.92. The smallest absolute Gasteiger partial charge is 0.305 e. The summed E-state index contributed by atoms with van der Waals surface area (Å²) in [5.41, 5.74) is 0. The van der Waals surface area contributed by atoms with Crippen molar-refractivity contribution >= 4 is 11.9 Å². The number of hydrogen-bond donors (Lipinski definition) is 3. The topological polar surface area (TPSA) is 95.9 Å². The maximum Gasteiger partial charge on any atom is 0.305 e. The number of ether oxygens (including phenoxy) is 1. The van der Waals surface area contributed by atoms with Gasteiger partial charge in [0.05, 0.1) is 25.4 Å². The fourth-order valence-corrected chi connectivity index (χ4v) is 7.31. The largest absolute Gasteiger partial charge is 0.466 e. The van der Waals surface area contributed by atoms with Gasteiger partial charge in [-0.15, -0.1) is 0 Å². The van der Waals surface area contributed by atoms with Gasteiger partial charge in [0, 0.05) is 12.8 Å². The molecule has 0 aromatic heterocycles. The monoisotopic (exact) mass is 802 g/mol. The number of carbonyl (C=O) groups is 2. The predicted molar refractivity (Wildman–Crippen MR) is 246 cm³/mol. The fourth-order valence-electron chi connectivity index (χ4n) is 7.31. The van der Waals surface area contributed by atoms with E-state index in [0.29, 0.717) is 19.4 Å². The molecule has 0 aliphatic heterocycles. The van der Waals surface area contributed by atoms with E-state index in [9.17, 15) is 19.8 Å². The molecule has 334 valence electrons. The Morgan fingerprint density at radius 2 is 0.877 bits per heavy atom. The molecule has 0 aliphatic rings. The van der Waals surface area contributed by atoms with Crippen LogP contribution >= 0.6 is 0 Å². The molecule has 0 saturated carbocycles. The van der Waals surface area contributed by atoms with E-state index in [4.69, 9.17) is 4.74 Å². The van der Waals surface area contributed by atoms with Crippen LogP contribution in [0, 0.1) is 0 Å². The third-order valence-electron chi connectivity index (χ3n) is 11.2. The highest BCUT2D eigenvalue weighted by atomic mass is 16.5. The summed E-state index contributed by atoms with van der Waals surface area (Å²) in [4.78, 5) is 24.4. The Bertz CT molecular complexity index is 931. The highest BCUT2D eigenvalue weighted by Crippen LogP contribution is 2.15. The molecule has 0 aromatic rings. The van der Waals surface area contributed by atoms with Gasteiger partial charge in [-0.2, -0.15) is 0 Å². The van der Waals surface area contributed by atoms with Gasteiger partial charge in [-0.3, -0.25) is 9.59 Å². The van der Waals surface area contributed by atoms with E-state index in [1.807, 2.05) is 6.08 Å². The lowest BCUT2D eigenvalue weighted by molar-refractivity contribution is -0.143. The Morgan fingerprint density at radius 3 is 1.35 bits per heavy atom. The van der Waals surface area contributed by atoms with Gasteiger partial charge in [-0.25, -0.2) is 0 Å². The Labute approximate surface area is 353 Å². The van der Waals surface area contributed by atoms with E-state index in [2.05, 4.69) is 43.5 Å². The zero-order chi connectivity index (χ0) is 41.5. The minimum absolute atomic E-state index is 0.0213. The number of amides is 1. The molecular formula is C51H95NO5. The Balaban J connectivity index is 3.48. The summed E-state index contributed by atoms with van der Waals surface area (Å²) in [7, 11) is 0. The molecule has 0 aliphatic carbocycles. The van der Waals surface area contributed by atoms with Crippen molar-refractivity contribution in [2.45, 2.75) is 264 Å². The van der Waals surface area contributed by atoms with Crippen molar-refractivity contribution in [3.05, 3.63) is 36.5 Å². The van der Waals surface area contributed by atoms with E-state index in [1.165, 1.54) is 161 Å². The van der Waals surface area contributed by atoms with Crippen molar-refractivity contribution < 1.29 is 24.5 Å². The van der Waals surface area contributed by atoms with Crippen LogP contribution in [0.25, 0.3) is 0 Å². The SMILES string of the molecule is CCCCCC/C=C\C/C=C\CCCCCCCC(=O)OCCCCCCCCCCCCCCCC(=O)NC(CO)C(O)/C=C/CCCCCCCCCCC. The average molecular weight is 802 g/mol. The molecule has 3 N–H and O–H groups in total. The molecule has 1 amide bonds. The first-order chi connectivity index (χ1) is 28.0. The lowest BCUT2D eigenvalue weighted by Gasteiger charge is -2.20. The van der Waals surface area contributed by atoms with Gasteiger partial charge in [0.1, 0.15) is 0 Å². The van der Waals surface area contributed by atoms with Gasteiger partial charge in [0.25, 0.3) is 0 Å². The van der Waals surface area contributed by atoms with Crippen molar-refractivity contribution in [1.82, 2.24) is 5.32 Å². The van der Waals surface area contributed by atoms with Gasteiger partial charge < -0.3 is 20.3 Å². The number of allylic oxidation sites excluding steroid dienone is 5. The molecule has 0 saturated heterocycles. The number of aliphatic hydroxyl groups excluding tert-OH is 2. The van der Waals surface area contributed by atoms with E-state index >= 15 is 0 Å². The van der Waals surface area contributed by atoms with Crippen LogP contribution in [0.3, 0.4) is 0 Å². The van der Waals surface area contributed by atoms with Crippen molar-refractivity contribution in [3.63, 3.8) is 0 Å². The summed E-state index contributed by atoms with van der Waals surface area (Å²) >= 11 is 0. The molecule has 2 atom stereocenters. The molecule has 6 nitrogen and oxygen atoms in total. The normalized spacial score (nSPS) is 13.0. The van der Waals surface area contributed by atoms with Crippen LogP contribution in [0.1, 0.15) is 251 Å². The van der Waals surface area contributed by atoms with Crippen LogP contribution in [0.15, 0.2) is 36.5 Å². The average Bonchev–Trinajstić information content (AvgIpc) is 3.21. The lowest BCUT2D eigenvalue weighted by Crippen LogP contribution is -2.45. The highest BCUT2D eigenvalue weighted by molar-refractivity contribution is 5.76. The first-order valence-corrected chi connectivity index (χ1v) is 24.8. The summed E-state index contributed by atoms with van der Waals surface area (Å²) in [5, 5.41) is 22.9. The Morgan fingerprint density at radius 1 is 0.491 bits per heavy atom.